The number of nitrogens with zero attached hydrogens (tertiary/aromatic N) is 1. The van der Waals surface area contributed by atoms with Gasteiger partial charge >= 0.3 is 0 Å². The van der Waals surface area contributed by atoms with Gasteiger partial charge in [-0.1, -0.05) is 6.92 Å². The molecule has 6 heteroatoms. The minimum atomic E-state index is -2.93. The van der Waals surface area contributed by atoms with Crippen LogP contribution in [0.2, 0.25) is 0 Å². The van der Waals surface area contributed by atoms with Crippen LogP contribution in [-0.4, -0.2) is 56.9 Å². The van der Waals surface area contributed by atoms with Crippen molar-refractivity contribution in [2.75, 3.05) is 31.6 Å². The van der Waals surface area contributed by atoms with Crippen LogP contribution in [0.25, 0.3) is 0 Å². The number of hydrogen-bond donors (Lipinski definition) is 1. The van der Waals surface area contributed by atoms with Crippen molar-refractivity contribution in [3.63, 3.8) is 0 Å². The Labute approximate surface area is 103 Å². The molecule has 0 aliphatic carbocycles. The summed E-state index contributed by atoms with van der Waals surface area (Å²) >= 11 is 0. The summed E-state index contributed by atoms with van der Waals surface area (Å²) in [5.41, 5.74) is 0. The third kappa shape index (κ3) is 3.67. The maximum absolute atomic E-state index is 12.2. The maximum Gasteiger partial charge on any atom is 0.226 e. The van der Waals surface area contributed by atoms with E-state index in [9.17, 15) is 13.2 Å². The van der Waals surface area contributed by atoms with Crippen molar-refractivity contribution in [3.05, 3.63) is 0 Å². The average Bonchev–Trinajstić information content (AvgIpc) is 2.60. The zero-order valence-corrected chi connectivity index (χ0v) is 11.6. The van der Waals surface area contributed by atoms with Gasteiger partial charge in [0.2, 0.25) is 5.91 Å². The van der Waals surface area contributed by atoms with E-state index in [1.54, 1.807) is 11.9 Å². The second kappa shape index (κ2) is 5.82. The molecule has 1 heterocycles. The normalized spacial score (nSPS) is 24.5. The van der Waals surface area contributed by atoms with Gasteiger partial charge in [-0.15, -0.1) is 0 Å². The van der Waals surface area contributed by atoms with E-state index < -0.39 is 9.84 Å². The number of nitrogens with one attached hydrogen (secondary N) is 1. The Morgan fingerprint density at radius 3 is 2.59 bits per heavy atom. The van der Waals surface area contributed by atoms with E-state index in [1.165, 1.54) is 0 Å². The predicted molar refractivity (Wildman–Crippen MR) is 67.5 cm³/mol. The Hall–Kier alpha value is -0.620. The van der Waals surface area contributed by atoms with Crippen LogP contribution in [0.4, 0.5) is 0 Å². The highest BCUT2D eigenvalue weighted by Crippen LogP contribution is 2.19. The predicted octanol–water partition coefficient (Wildman–Crippen LogP) is -0.122. The quantitative estimate of drug-likeness (QED) is 0.750. The van der Waals surface area contributed by atoms with Crippen molar-refractivity contribution < 1.29 is 13.2 Å². The van der Waals surface area contributed by atoms with Crippen molar-refractivity contribution in [2.24, 2.45) is 5.92 Å². The van der Waals surface area contributed by atoms with Crippen LogP contribution in [0.5, 0.6) is 0 Å². The molecule has 1 rings (SSSR count). The fraction of sp³-hybridized carbons (Fsp3) is 0.909. The highest BCUT2D eigenvalue weighted by molar-refractivity contribution is 7.91. The molecule has 2 unspecified atom stereocenters. The van der Waals surface area contributed by atoms with Crippen LogP contribution in [0.3, 0.4) is 0 Å². The topological polar surface area (TPSA) is 66.5 Å². The fourth-order valence-corrected chi connectivity index (χ4v) is 4.02. The van der Waals surface area contributed by atoms with Crippen LogP contribution in [0.15, 0.2) is 0 Å². The van der Waals surface area contributed by atoms with Gasteiger partial charge in [0.15, 0.2) is 9.84 Å². The lowest BCUT2D eigenvalue weighted by Crippen LogP contribution is -2.45. The molecule has 1 N–H and O–H groups in total. The van der Waals surface area contributed by atoms with Gasteiger partial charge in [0, 0.05) is 25.0 Å². The zero-order valence-electron chi connectivity index (χ0n) is 10.8. The van der Waals surface area contributed by atoms with E-state index in [-0.39, 0.29) is 29.4 Å². The number of amides is 1. The molecular weight excluding hydrogens is 240 g/mol. The molecule has 0 aromatic rings. The lowest BCUT2D eigenvalue weighted by atomic mass is 10.1. The Bertz CT molecular complexity index is 367. The van der Waals surface area contributed by atoms with Gasteiger partial charge in [0.1, 0.15) is 0 Å². The first-order chi connectivity index (χ1) is 7.91. The van der Waals surface area contributed by atoms with E-state index >= 15 is 0 Å². The highest BCUT2D eigenvalue weighted by atomic mass is 32.2. The Morgan fingerprint density at radius 2 is 2.18 bits per heavy atom. The first-order valence-electron chi connectivity index (χ1n) is 6.06. The van der Waals surface area contributed by atoms with Crippen molar-refractivity contribution in [1.29, 1.82) is 0 Å². The van der Waals surface area contributed by atoms with Gasteiger partial charge in [-0.3, -0.25) is 4.79 Å². The molecule has 1 fully saturated rings. The third-order valence-electron chi connectivity index (χ3n) is 3.20. The summed E-state index contributed by atoms with van der Waals surface area (Å²) in [6, 6.07) is -0.128. The summed E-state index contributed by atoms with van der Waals surface area (Å²) in [7, 11) is -1.13. The van der Waals surface area contributed by atoms with E-state index in [0.29, 0.717) is 19.5 Å². The Balaban J connectivity index is 2.69. The molecule has 0 bridgehead atoms. The molecule has 2 atom stereocenters. The van der Waals surface area contributed by atoms with Crippen LogP contribution in [0.1, 0.15) is 20.3 Å². The number of carbonyl (C=O) groups is 1. The van der Waals surface area contributed by atoms with Crippen molar-refractivity contribution in [2.45, 2.75) is 26.3 Å². The minimum absolute atomic E-state index is 0.0453. The second-order valence-electron chi connectivity index (χ2n) is 4.64. The monoisotopic (exact) mass is 262 g/mol. The summed E-state index contributed by atoms with van der Waals surface area (Å²) in [5.74, 6) is 0.271. The van der Waals surface area contributed by atoms with Crippen LogP contribution in [0, 0.1) is 5.92 Å². The molecule has 1 saturated heterocycles. The number of rotatable bonds is 5. The van der Waals surface area contributed by atoms with Crippen molar-refractivity contribution >= 4 is 15.7 Å². The summed E-state index contributed by atoms with van der Waals surface area (Å²) in [5, 5.41) is 2.97. The molecule has 1 aliphatic heterocycles. The molecule has 5 nitrogen and oxygen atoms in total. The fourth-order valence-electron chi connectivity index (χ4n) is 2.29. The van der Waals surface area contributed by atoms with E-state index in [1.807, 2.05) is 13.8 Å². The van der Waals surface area contributed by atoms with Gasteiger partial charge < -0.3 is 10.2 Å². The standard InChI is InChI=1S/C11H22N2O3S/c1-4-13(11(14)9(2)7-12-3)10-5-6-17(15,16)8-10/h9-10,12H,4-8H2,1-3H3. The molecule has 17 heavy (non-hydrogen) atoms. The average molecular weight is 262 g/mol. The molecule has 0 radical (unpaired) electrons. The zero-order chi connectivity index (χ0) is 13.1. The van der Waals surface area contributed by atoms with Crippen LogP contribution >= 0.6 is 0 Å². The lowest BCUT2D eigenvalue weighted by Gasteiger charge is -2.29. The number of sulfone groups is 1. The van der Waals surface area contributed by atoms with Gasteiger partial charge in [0.05, 0.1) is 11.5 Å². The molecule has 1 aliphatic rings. The maximum atomic E-state index is 12.2. The van der Waals surface area contributed by atoms with E-state index in [2.05, 4.69) is 5.32 Å². The molecular formula is C11H22N2O3S. The van der Waals surface area contributed by atoms with E-state index in [0.717, 1.165) is 0 Å². The van der Waals surface area contributed by atoms with Crippen molar-refractivity contribution in [3.8, 4) is 0 Å². The van der Waals surface area contributed by atoms with Gasteiger partial charge in [-0.05, 0) is 20.4 Å². The van der Waals surface area contributed by atoms with Crippen molar-refractivity contribution in [1.82, 2.24) is 10.2 Å². The van der Waals surface area contributed by atoms with Gasteiger partial charge in [-0.25, -0.2) is 8.42 Å². The van der Waals surface area contributed by atoms with Gasteiger partial charge in [0.25, 0.3) is 0 Å². The molecule has 0 aromatic heterocycles. The first kappa shape index (κ1) is 14.4. The summed E-state index contributed by atoms with van der Waals surface area (Å²) < 4.78 is 22.9. The van der Waals surface area contributed by atoms with Gasteiger partial charge in [-0.2, -0.15) is 0 Å². The lowest BCUT2D eigenvalue weighted by molar-refractivity contribution is -0.136. The molecule has 100 valence electrons. The minimum Gasteiger partial charge on any atom is -0.339 e. The van der Waals surface area contributed by atoms with E-state index in [4.69, 9.17) is 0 Å². The second-order valence-corrected chi connectivity index (χ2v) is 6.87. The molecule has 0 spiro atoms. The largest absolute Gasteiger partial charge is 0.339 e. The molecule has 0 saturated carbocycles. The van der Waals surface area contributed by atoms with Crippen LogP contribution in [-0.2, 0) is 14.6 Å². The number of carbonyl (C=O) groups excluding carboxylic acids is 1. The smallest absolute Gasteiger partial charge is 0.226 e. The summed E-state index contributed by atoms with van der Waals surface area (Å²) in [6.45, 7) is 4.96. The first-order valence-corrected chi connectivity index (χ1v) is 7.89. The summed E-state index contributed by atoms with van der Waals surface area (Å²) in [6.07, 6.45) is 0.578. The Morgan fingerprint density at radius 1 is 1.53 bits per heavy atom. The SMILES string of the molecule is CCN(C(=O)C(C)CNC)C1CCS(=O)(=O)C1. The Kier molecular flexibility index (Phi) is 4.94. The highest BCUT2D eigenvalue weighted by Gasteiger charge is 2.34. The summed E-state index contributed by atoms with van der Waals surface area (Å²) in [4.78, 5) is 13.9. The number of hydrogen-bond acceptors (Lipinski definition) is 4. The third-order valence-corrected chi connectivity index (χ3v) is 4.96. The molecule has 0 aromatic carbocycles. The van der Waals surface area contributed by atoms with Crippen LogP contribution < -0.4 is 5.32 Å². The molecule has 1 amide bonds.